The van der Waals surface area contributed by atoms with Crippen LogP contribution >= 0.6 is 11.3 Å². The second kappa shape index (κ2) is 7.70. The average molecular weight is 436 g/mol. The molecule has 1 atom stereocenters. The third kappa shape index (κ3) is 3.33. The first-order valence-corrected chi connectivity index (χ1v) is 10.9. The summed E-state index contributed by atoms with van der Waals surface area (Å²) < 4.78 is 11.7. The van der Waals surface area contributed by atoms with Gasteiger partial charge in [0.15, 0.2) is 5.13 Å². The van der Waals surface area contributed by atoms with Crippen molar-refractivity contribution in [3.63, 3.8) is 0 Å². The van der Waals surface area contributed by atoms with Crippen LogP contribution in [0.25, 0.3) is 10.2 Å². The van der Waals surface area contributed by atoms with Crippen molar-refractivity contribution in [3.8, 4) is 5.75 Å². The minimum absolute atomic E-state index is 0.105. The molecule has 2 amide bonds. The number of methoxy groups -OCH3 is 1. The normalized spacial score (nSPS) is 18.1. The van der Waals surface area contributed by atoms with Crippen molar-refractivity contribution < 1.29 is 19.1 Å². The van der Waals surface area contributed by atoms with Gasteiger partial charge in [0.05, 0.1) is 29.1 Å². The first kappa shape index (κ1) is 19.6. The van der Waals surface area contributed by atoms with Crippen LogP contribution in [-0.2, 0) is 16.1 Å². The number of aromatic nitrogens is 1. The predicted octanol–water partition coefficient (Wildman–Crippen LogP) is 4.34. The van der Waals surface area contributed by atoms with Crippen molar-refractivity contribution in [2.45, 2.75) is 26.0 Å². The van der Waals surface area contributed by atoms with Crippen LogP contribution in [0.3, 0.4) is 0 Å². The summed E-state index contributed by atoms with van der Waals surface area (Å²) in [5.41, 5.74) is 3.04. The van der Waals surface area contributed by atoms with Gasteiger partial charge in [-0.1, -0.05) is 35.6 Å². The van der Waals surface area contributed by atoms with E-state index in [1.54, 1.807) is 23.8 Å². The maximum absolute atomic E-state index is 13.0. The molecule has 2 aliphatic rings. The molecule has 31 heavy (non-hydrogen) atoms. The number of fused-ring (bicyclic) bond motifs is 2. The Morgan fingerprint density at radius 3 is 2.71 bits per heavy atom. The highest BCUT2D eigenvalue weighted by molar-refractivity contribution is 7.22. The Bertz CT molecular complexity index is 1170. The minimum atomic E-state index is -0.438. The lowest BCUT2D eigenvalue weighted by Crippen LogP contribution is -2.34. The smallest absolute Gasteiger partial charge is 0.414 e. The standard InChI is InChI=1S/C23H21N3O4S/c1-14-20-18(26(21(14)27)22-24-17-5-3-4-6-19(17)31-22)11-12-25(20)23(28)30-13-15-7-9-16(29-2)10-8-15/h3-10,18H,11-13H2,1-2H3/t18-/m0/s1. The van der Waals surface area contributed by atoms with Gasteiger partial charge in [-0.15, -0.1) is 0 Å². The summed E-state index contributed by atoms with van der Waals surface area (Å²) in [6.07, 6.45) is 0.220. The van der Waals surface area contributed by atoms with E-state index in [0.717, 1.165) is 27.2 Å². The maximum Gasteiger partial charge on any atom is 0.414 e. The number of likely N-dealkylation sites (tertiary alicyclic amines) is 1. The SMILES string of the molecule is COc1ccc(COC(=O)N2CC[C@H]3C2=C(C)C(=O)N3c2nc3ccccc3s2)cc1. The monoisotopic (exact) mass is 435 g/mol. The Kier molecular flexibility index (Phi) is 4.86. The Morgan fingerprint density at radius 2 is 1.97 bits per heavy atom. The minimum Gasteiger partial charge on any atom is -0.497 e. The fourth-order valence-electron chi connectivity index (χ4n) is 4.14. The van der Waals surface area contributed by atoms with Gasteiger partial charge in [-0.3, -0.25) is 14.6 Å². The topological polar surface area (TPSA) is 72.0 Å². The summed E-state index contributed by atoms with van der Waals surface area (Å²) in [7, 11) is 1.61. The summed E-state index contributed by atoms with van der Waals surface area (Å²) in [5.74, 6) is 0.643. The third-order valence-electron chi connectivity index (χ3n) is 5.70. The lowest BCUT2D eigenvalue weighted by atomic mass is 10.2. The summed E-state index contributed by atoms with van der Waals surface area (Å²) >= 11 is 1.49. The molecule has 0 spiro atoms. The largest absolute Gasteiger partial charge is 0.497 e. The van der Waals surface area contributed by atoms with Crippen molar-refractivity contribution in [1.29, 1.82) is 0 Å². The lowest BCUT2D eigenvalue weighted by Gasteiger charge is -2.21. The second-order valence-electron chi connectivity index (χ2n) is 7.51. The zero-order chi connectivity index (χ0) is 21.5. The molecule has 0 unspecified atom stereocenters. The van der Waals surface area contributed by atoms with Gasteiger partial charge in [-0.2, -0.15) is 0 Å². The maximum atomic E-state index is 13.0. The summed E-state index contributed by atoms with van der Waals surface area (Å²) in [6, 6.07) is 15.0. The number of carbonyl (C=O) groups is 2. The van der Waals surface area contributed by atoms with Crippen LogP contribution in [0.2, 0.25) is 0 Å². The van der Waals surface area contributed by atoms with Gasteiger partial charge in [0.25, 0.3) is 5.91 Å². The predicted molar refractivity (Wildman–Crippen MR) is 118 cm³/mol. The fourth-order valence-corrected chi connectivity index (χ4v) is 5.16. The summed E-state index contributed by atoms with van der Waals surface area (Å²) in [6.45, 7) is 2.44. The quantitative estimate of drug-likeness (QED) is 0.610. The molecular formula is C23H21N3O4S. The highest BCUT2D eigenvalue weighted by atomic mass is 32.1. The Labute approximate surface area is 183 Å². The number of ether oxygens (including phenoxy) is 2. The molecule has 1 fully saturated rings. The number of para-hydroxylation sites is 1. The van der Waals surface area contributed by atoms with E-state index in [1.165, 1.54) is 11.3 Å². The molecule has 0 aliphatic carbocycles. The molecular weight excluding hydrogens is 414 g/mol. The van der Waals surface area contributed by atoms with Crippen LogP contribution in [0, 0.1) is 0 Å². The van der Waals surface area contributed by atoms with E-state index in [4.69, 9.17) is 9.47 Å². The molecule has 0 N–H and O–H groups in total. The lowest BCUT2D eigenvalue weighted by molar-refractivity contribution is -0.114. The fraction of sp³-hybridized carbons (Fsp3) is 0.261. The summed E-state index contributed by atoms with van der Waals surface area (Å²) in [4.78, 5) is 33.8. The van der Waals surface area contributed by atoms with E-state index in [2.05, 4.69) is 4.98 Å². The number of rotatable bonds is 4. The van der Waals surface area contributed by atoms with Gasteiger partial charge in [-0.05, 0) is 43.2 Å². The molecule has 2 aromatic carbocycles. The summed E-state index contributed by atoms with van der Waals surface area (Å²) in [5, 5.41) is 0.666. The van der Waals surface area contributed by atoms with Crippen molar-refractivity contribution in [2.24, 2.45) is 0 Å². The number of benzene rings is 2. The van der Waals surface area contributed by atoms with Crippen LogP contribution in [0.1, 0.15) is 18.9 Å². The van der Waals surface area contributed by atoms with E-state index in [-0.39, 0.29) is 18.6 Å². The average Bonchev–Trinajstić information content (AvgIpc) is 3.47. The second-order valence-corrected chi connectivity index (χ2v) is 8.52. The number of hydrogen-bond donors (Lipinski definition) is 0. The van der Waals surface area contributed by atoms with Gasteiger partial charge in [-0.25, -0.2) is 9.78 Å². The molecule has 5 rings (SSSR count). The Morgan fingerprint density at radius 1 is 1.19 bits per heavy atom. The molecule has 3 heterocycles. The molecule has 8 heteroatoms. The highest BCUT2D eigenvalue weighted by Crippen LogP contribution is 2.41. The molecule has 1 aromatic heterocycles. The van der Waals surface area contributed by atoms with Gasteiger partial charge in [0.2, 0.25) is 0 Å². The number of carbonyl (C=O) groups excluding carboxylic acids is 2. The molecule has 0 saturated carbocycles. The van der Waals surface area contributed by atoms with E-state index < -0.39 is 6.09 Å². The molecule has 2 aliphatic heterocycles. The first-order valence-electron chi connectivity index (χ1n) is 10.0. The third-order valence-corrected chi connectivity index (χ3v) is 6.73. The van der Waals surface area contributed by atoms with Crippen LogP contribution in [-0.4, -0.2) is 41.6 Å². The van der Waals surface area contributed by atoms with Crippen LogP contribution < -0.4 is 9.64 Å². The molecule has 0 radical (unpaired) electrons. The van der Waals surface area contributed by atoms with Crippen molar-refractivity contribution in [2.75, 3.05) is 18.6 Å². The first-order chi connectivity index (χ1) is 15.1. The van der Waals surface area contributed by atoms with Gasteiger partial charge >= 0.3 is 6.09 Å². The molecule has 7 nitrogen and oxygen atoms in total. The van der Waals surface area contributed by atoms with Gasteiger partial charge in [0.1, 0.15) is 12.4 Å². The van der Waals surface area contributed by atoms with E-state index >= 15 is 0 Å². The molecule has 0 bridgehead atoms. The molecule has 3 aromatic rings. The van der Waals surface area contributed by atoms with E-state index in [1.807, 2.05) is 48.5 Å². The Balaban J connectivity index is 1.33. The molecule has 158 valence electrons. The van der Waals surface area contributed by atoms with Crippen LogP contribution in [0.4, 0.5) is 9.93 Å². The van der Waals surface area contributed by atoms with Crippen molar-refractivity contribution >= 4 is 38.7 Å². The number of amides is 2. The van der Waals surface area contributed by atoms with Gasteiger partial charge < -0.3 is 9.47 Å². The van der Waals surface area contributed by atoms with Crippen LogP contribution in [0.5, 0.6) is 5.75 Å². The number of nitrogens with zero attached hydrogens (tertiary/aromatic N) is 3. The zero-order valence-corrected chi connectivity index (χ0v) is 18.0. The number of hydrogen-bond acceptors (Lipinski definition) is 6. The van der Waals surface area contributed by atoms with Crippen molar-refractivity contribution in [3.05, 3.63) is 65.4 Å². The zero-order valence-electron chi connectivity index (χ0n) is 17.2. The van der Waals surface area contributed by atoms with Gasteiger partial charge in [0, 0.05) is 12.1 Å². The van der Waals surface area contributed by atoms with E-state index in [9.17, 15) is 9.59 Å². The molecule has 1 saturated heterocycles. The van der Waals surface area contributed by atoms with E-state index in [0.29, 0.717) is 23.7 Å². The highest BCUT2D eigenvalue weighted by Gasteiger charge is 2.47. The number of anilines is 1. The number of thiazole rings is 1. The van der Waals surface area contributed by atoms with Crippen LogP contribution in [0.15, 0.2) is 59.8 Å². The van der Waals surface area contributed by atoms with Crippen molar-refractivity contribution in [1.82, 2.24) is 9.88 Å². The Hall–Kier alpha value is -3.39.